The average molecular weight is 350 g/mol. The Hall–Kier alpha value is -1.75. The van der Waals surface area contributed by atoms with Crippen molar-refractivity contribution in [2.45, 2.75) is 0 Å². The highest BCUT2D eigenvalue weighted by Crippen LogP contribution is 2.25. The fourth-order valence-corrected chi connectivity index (χ4v) is 2.64. The highest BCUT2D eigenvalue weighted by molar-refractivity contribution is 6.42. The number of halogens is 2. The summed E-state index contributed by atoms with van der Waals surface area (Å²) in [6.45, 7) is 3.45. The lowest BCUT2D eigenvalue weighted by atomic mass is 10.2. The van der Waals surface area contributed by atoms with Gasteiger partial charge in [0.05, 0.1) is 35.2 Å². The molecule has 0 radical (unpaired) electrons. The normalized spacial score (nSPS) is 15.1. The summed E-state index contributed by atoms with van der Waals surface area (Å²) in [6.07, 6.45) is 1.77. The number of anilines is 2. The highest BCUT2D eigenvalue weighted by atomic mass is 35.5. The molecule has 0 spiro atoms. The number of benzene rings is 2. The van der Waals surface area contributed by atoms with E-state index in [1.54, 1.807) is 18.3 Å². The molecule has 0 amide bonds. The van der Waals surface area contributed by atoms with Crippen LogP contribution in [-0.4, -0.2) is 32.5 Å². The molecule has 0 bridgehead atoms. The predicted molar refractivity (Wildman–Crippen MR) is 97.2 cm³/mol. The summed E-state index contributed by atoms with van der Waals surface area (Å²) in [6, 6.07) is 13.6. The molecule has 0 aliphatic carbocycles. The van der Waals surface area contributed by atoms with Crippen LogP contribution in [0.3, 0.4) is 0 Å². The SMILES string of the molecule is Clc1ccc(N/N=C/c2ccc(N3CCOCC3)cc2)cc1Cl. The largest absolute Gasteiger partial charge is 0.378 e. The molecule has 2 aromatic rings. The van der Waals surface area contributed by atoms with Crippen molar-refractivity contribution in [3.8, 4) is 0 Å². The minimum atomic E-state index is 0.502. The predicted octanol–water partition coefficient (Wildman–Crippen LogP) is 4.28. The van der Waals surface area contributed by atoms with Crippen LogP contribution in [0.4, 0.5) is 11.4 Å². The van der Waals surface area contributed by atoms with Gasteiger partial charge >= 0.3 is 0 Å². The number of hydrogen-bond donors (Lipinski definition) is 1. The van der Waals surface area contributed by atoms with E-state index in [0.717, 1.165) is 37.6 Å². The Morgan fingerprint density at radius 3 is 2.43 bits per heavy atom. The van der Waals surface area contributed by atoms with Crippen LogP contribution in [0.2, 0.25) is 10.0 Å². The van der Waals surface area contributed by atoms with Crippen molar-refractivity contribution in [2.24, 2.45) is 5.10 Å². The van der Waals surface area contributed by atoms with E-state index in [1.165, 1.54) is 5.69 Å². The summed E-state index contributed by atoms with van der Waals surface area (Å²) >= 11 is 11.8. The van der Waals surface area contributed by atoms with Crippen LogP contribution in [0.15, 0.2) is 47.6 Å². The fourth-order valence-electron chi connectivity index (χ4n) is 2.34. The molecule has 4 nitrogen and oxygen atoms in total. The Morgan fingerprint density at radius 2 is 1.74 bits per heavy atom. The lowest BCUT2D eigenvalue weighted by Gasteiger charge is -2.28. The number of ether oxygens (including phenoxy) is 1. The smallest absolute Gasteiger partial charge is 0.0642 e. The Bertz CT molecular complexity index is 683. The summed E-state index contributed by atoms with van der Waals surface area (Å²) in [7, 11) is 0. The zero-order valence-electron chi connectivity index (χ0n) is 12.5. The van der Waals surface area contributed by atoms with E-state index < -0.39 is 0 Å². The van der Waals surface area contributed by atoms with Gasteiger partial charge in [-0.3, -0.25) is 5.43 Å². The van der Waals surface area contributed by atoms with E-state index in [-0.39, 0.29) is 0 Å². The second kappa shape index (κ2) is 7.68. The Morgan fingerprint density at radius 1 is 1.00 bits per heavy atom. The summed E-state index contributed by atoms with van der Waals surface area (Å²) in [5.41, 5.74) is 5.96. The maximum Gasteiger partial charge on any atom is 0.0642 e. The van der Waals surface area contributed by atoms with E-state index >= 15 is 0 Å². The lowest BCUT2D eigenvalue weighted by Crippen LogP contribution is -2.36. The number of hydrazone groups is 1. The summed E-state index contributed by atoms with van der Waals surface area (Å²) in [4.78, 5) is 2.32. The molecule has 1 aliphatic heterocycles. The first-order valence-corrected chi connectivity index (χ1v) is 8.15. The molecule has 0 unspecified atom stereocenters. The van der Waals surface area contributed by atoms with E-state index in [0.29, 0.717) is 10.0 Å². The van der Waals surface area contributed by atoms with Gasteiger partial charge in [0.2, 0.25) is 0 Å². The molecule has 1 heterocycles. The van der Waals surface area contributed by atoms with Crippen molar-refractivity contribution in [1.29, 1.82) is 0 Å². The van der Waals surface area contributed by atoms with E-state index in [9.17, 15) is 0 Å². The van der Waals surface area contributed by atoms with Crippen molar-refractivity contribution >= 4 is 40.8 Å². The van der Waals surface area contributed by atoms with Crippen LogP contribution in [0, 0.1) is 0 Å². The molecule has 120 valence electrons. The molecule has 23 heavy (non-hydrogen) atoms. The van der Waals surface area contributed by atoms with E-state index in [4.69, 9.17) is 27.9 Å². The number of nitrogens with zero attached hydrogens (tertiary/aromatic N) is 2. The second-order valence-electron chi connectivity index (χ2n) is 5.19. The van der Waals surface area contributed by atoms with Gasteiger partial charge in [0.25, 0.3) is 0 Å². The molecule has 1 N–H and O–H groups in total. The van der Waals surface area contributed by atoms with E-state index in [1.807, 2.05) is 18.2 Å². The van der Waals surface area contributed by atoms with Crippen molar-refractivity contribution in [1.82, 2.24) is 0 Å². The number of morpholine rings is 1. The van der Waals surface area contributed by atoms with Gasteiger partial charge in [-0.15, -0.1) is 0 Å². The summed E-state index contributed by atoms with van der Waals surface area (Å²) in [5, 5.41) is 5.24. The number of hydrogen-bond acceptors (Lipinski definition) is 4. The van der Waals surface area contributed by atoms with Crippen molar-refractivity contribution in [3.63, 3.8) is 0 Å². The third-order valence-corrected chi connectivity index (χ3v) is 4.34. The fraction of sp³-hybridized carbons (Fsp3) is 0.235. The van der Waals surface area contributed by atoms with Crippen LogP contribution in [0.25, 0.3) is 0 Å². The molecule has 1 aliphatic rings. The molecular formula is C17H17Cl2N3O. The second-order valence-corrected chi connectivity index (χ2v) is 6.00. The Labute approximate surface area is 145 Å². The molecule has 2 aromatic carbocycles. The molecule has 0 aromatic heterocycles. The lowest BCUT2D eigenvalue weighted by molar-refractivity contribution is 0.122. The van der Waals surface area contributed by atoms with Crippen LogP contribution >= 0.6 is 23.2 Å². The van der Waals surface area contributed by atoms with Gasteiger partial charge in [-0.25, -0.2) is 0 Å². The molecule has 3 rings (SSSR count). The standard InChI is InChI=1S/C17H17Cl2N3O/c18-16-6-3-14(11-17(16)19)21-20-12-13-1-4-15(5-2-13)22-7-9-23-10-8-22/h1-6,11-12,21H,7-10H2/b20-12+. The zero-order chi connectivity index (χ0) is 16.1. The Balaban J connectivity index is 1.60. The quantitative estimate of drug-likeness (QED) is 0.661. The first-order valence-electron chi connectivity index (χ1n) is 7.39. The third kappa shape index (κ3) is 4.38. The minimum Gasteiger partial charge on any atom is -0.378 e. The molecule has 0 atom stereocenters. The number of nitrogens with one attached hydrogen (secondary N) is 1. The minimum absolute atomic E-state index is 0.502. The van der Waals surface area contributed by atoms with Crippen LogP contribution < -0.4 is 10.3 Å². The van der Waals surface area contributed by atoms with Gasteiger partial charge in [0.15, 0.2) is 0 Å². The van der Waals surface area contributed by atoms with Crippen LogP contribution in [0.1, 0.15) is 5.56 Å². The molecule has 1 fully saturated rings. The van der Waals surface area contributed by atoms with Gasteiger partial charge in [0.1, 0.15) is 0 Å². The van der Waals surface area contributed by atoms with Gasteiger partial charge in [-0.2, -0.15) is 5.10 Å². The highest BCUT2D eigenvalue weighted by Gasteiger charge is 2.10. The first-order chi connectivity index (χ1) is 11.2. The molecular weight excluding hydrogens is 333 g/mol. The number of rotatable bonds is 4. The van der Waals surface area contributed by atoms with Crippen molar-refractivity contribution in [3.05, 3.63) is 58.1 Å². The van der Waals surface area contributed by atoms with Gasteiger partial charge in [-0.05, 0) is 35.9 Å². The molecule has 1 saturated heterocycles. The third-order valence-electron chi connectivity index (χ3n) is 3.60. The van der Waals surface area contributed by atoms with E-state index in [2.05, 4.69) is 27.6 Å². The Kier molecular flexibility index (Phi) is 5.39. The monoisotopic (exact) mass is 349 g/mol. The van der Waals surface area contributed by atoms with Gasteiger partial charge in [-0.1, -0.05) is 35.3 Å². The van der Waals surface area contributed by atoms with Crippen LogP contribution in [-0.2, 0) is 4.74 Å². The van der Waals surface area contributed by atoms with Gasteiger partial charge < -0.3 is 9.64 Å². The topological polar surface area (TPSA) is 36.9 Å². The first kappa shape index (κ1) is 16.1. The van der Waals surface area contributed by atoms with Gasteiger partial charge in [0, 0.05) is 18.8 Å². The maximum absolute atomic E-state index is 5.96. The average Bonchev–Trinajstić information content (AvgIpc) is 2.59. The van der Waals surface area contributed by atoms with Crippen molar-refractivity contribution < 1.29 is 4.74 Å². The zero-order valence-corrected chi connectivity index (χ0v) is 14.0. The molecule has 0 saturated carbocycles. The summed E-state index contributed by atoms with van der Waals surface area (Å²) in [5.74, 6) is 0. The molecule has 6 heteroatoms. The van der Waals surface area contributed by atoms with Crippen LogP contribution in [0.5, 0.6) is 0 Å². The maximum atomic E-state index is 5.96. The summed E-state index contributed by atoms with van der Waals surface area (Å²) < 4.78 is 5.37. The van der Waals surface area contributed by atoms with Crippen molar-refractivity contribution in [2.75, 3.05) is 36.6 Å².